The molecule has 3 rings (SSSR count). The van der Waals surface area contributed by atoms with Gasteiger partial charge in [0.15, 0.2) is 0 Å². The topological polar surface area (TPSA) is 76.3 Å². The van der Waals surface area contributed by atoms with Crippen LogP contribution in [0, 0.1) is 13.8 Å². The molecule has 2 aliphatic heterocycles. The SMILES string of the molecule is COC(=O)C1=C(C[NH+]2CC[NH+](C)CC2)NC(=O)N[C@@H]1c1cc(C)ccc1C. The normalized spacial score (nSPS) is 25.6. The fourth-order valence-corrected chi connectivity index (χ4v) is 3.87. The number of esters is 1. The van der Waals surface area contributed by atoms with E-state index in [0.29, 0.717) is 17.8 Å². The van der Waals surface area contributed by atoms with Gasteiger partial charge in [-0.15, -0.1) is 0 Å². The lowest BCUT2D eigenvalue weighted by Gasteiger charge is -2.33. The second kappa shape index (κ2) is 8.10. The highest BCUT2D eigenvalue weighted by atomic mass is 16.5. The van der Waals surface area contributed by atoms with Gasteiger partial charge in [0.1, 0.15) is 32.7 Å². The second-order valence-electron chi connectivity index (χ2n) is 7.66. The van der Waals surface area contributed by atoms with Crippen molar-refractivity contribution in [3.8, 4) is 0 Å². The minimum Gasteiger partial charge on any atom is -0.466 e. The van der Waals surface area contributed by atoms with Gasteiger partial charge in [-0.3, -0.25) is 0 Å². The molecule has 1 atom stereocenters. The number of urea groups is 1. The number of ether oxygens (including phenoxy) is 1. The number of carbonyl (C=O) groups is 2. The van der Waals surface area contributed by atoms with Crippen LogP contribution in [-0.4, -0.2) is 58.9 Å². The third kappa shape index (κ3) is 4.31. The quantitative estimate of drug-likeness (QED) is 0.485. The van der Waals surface area contributed by atoms with Gasteiger partial charge in [0.05, 0.1) is 31.5 Å². The Kier molecular flexibility index (Phi) is 5.82. The Bertz CT molecular complexity index is 766. The highest BCUT2D eigenvalue weighted by Gasteiger charge is 2.36. The van der Waals surface area contributed by atoms with Crippen molar-refractivity contribution in [3.05, 3.63) is 46.2 Å². The van der Waals surface area contributed by atoms with E-state index in [9.17, 15) is 9.59 Å². The molecule has 2 amide bonds. The van der Waals surface area contributed by atoms with Crippen LogP contribution in [0.2, 0.25) is 0 Å². The molecule has 0 radical (unpaired) electrons. The molecule has 0 aliphatic carbocycles. The Balaban J connectivity index is 1.99. The third-order valence-corrected chi connectivity index (χ3v) is 5.54. The molecule has 0 bridgehead atoms. The maximum Gasteiger partial charge on any atom is 0.338 e. The van der Waals surface area contributed by atoms with E-state index in [1.807, 2.05) is 32.0 Å². The van der Waals surface area contributed by atoms with Crippen LogP contribution in [0.15, 0.2) is 29.5 Å². The number of likely N-dealkylation sites (N-methyl/N-ethyl adjacent to an activating group) is 1. The molecule has 1 aromatic rings. The first-order chi connectivity index (χ1) is 12.9. The van der Waals surface area contributed by atoms with Gasteiger partial charge in [-0.25, -0.2) is 9.59 Å². The predicted octanol–water partition coefficient (Wildman–Crippen LogP) is -1.50. The minimum atomic E-state index is -0.501. The number of rotatable bonds is 4. The highest BCUT2D eigenvalue weighted by Crippen LogP contribution is 2.30. The number of quaternary nitrogens is 2. The fourth-order valence-electron chi connectivity index (χ4n) is 3.87. The molecular weight excluding hydrogens is 344 g/mol. The second-order valence-corrected chi connectivity index (χ2v) is 7.66. The number of carbonyl (C=O) groups excluding carboxylic acids is 2. The number of methoxy groups -OCH3 is 1. The molecule has 146 valence electrons. The molecule has 1 saturated heterocycles. The number of benzene rings is 1. The zero-order valence-electron chi connectivity index (χ0n) is 16.6. The number of aryl methyl sites for hydroxylation is 2. The summed E-state index contributed by atoms with van der Waals surface area (Å²) >= 11 is 0. The van der Waals surface area contributed by atoms with Gasteiger partial charge in [-0.2, -0.15) is 0 Å². The van der Waals surface area contributed by atoms with Gasteiger partial charge in [-0.05, 0) is 25.0 Å². The smallest absolute Gasteiger partial charge is 0.338 e. The molecule has 7 heteroatoms. The average molecular weight is 374 g/mol. The van der Waals surface area contributed by atoms with Crippen LogP contribution < -0.4 is 20.4 Å². The van der Waals surface area contributed by atoms with Crippen LogP contribution in [0.1, 0.15) is 22.7 Å². The van der Waals surface area contributed by atoms with Crippen LogP contribution in [0.25, 0.3) is 0 Å². The number of hydrogen-bond acceptors (Lipinski definition) is 3. The number of nitrogens with one attached hydrogen (secondary N) is 4. The molecule has 2 heterocycles. The first-order valence-corrected chi connectivity index (χ1v) is 9.50. The first kappa shape index (κ1) is 19.4. The summed E-state index contributed by atoms with van der Waals surface area (Å²) < 4.78 is 5.08. The molecular formula is C20H30N4O3+2. The van der Waals surface area contributed by atoms with Gasteiger partial charge in [-0.1, -0.05) is 23.8 Å². The zero-order valence-corrected chi connectivity index (χ0v) is 16.6. The van der Waals surface area contributed by atoms with Crippen LogP contribution in [0.3, 0.4) is 0 Å². The number of hydrogen-bond donors (Lipinski definition) is 4. The van der Waals surface area contributed by atoms with E-state index in [1.54, 1.807) is 0 Å². The predicted molar refractivity (Wildman–Crippen MR) is 102 cm³/mol. The Morgan fingerprint density at radius 3 is 2.59 bits per heavy atom. The lowest BCUT2D eigenvalue weighted by Crippen LogP contribution is -3.27. The molecule has 0 spiro atoms. The van der Waals surface area contributed by atoms with Gasteiger partial charge < -0.3 is 25.2 Å². The molecule has 7 nitrogen and oxygen atoms in total. The van der Waals surface area contributed by atoms with Crippen molar-refractivity contribution in [2.24, 2.45) is 0 Å². The Morgan fingerprint density at radius 1 is 1.22 bits per heavy atom. The van der Waals surface area contributed by atoms with Crippen molar-refractivity contribution in [3.63, 3.8) is 0 Å². The van der Waals surface area contributed by atoms with E-state index in [4.69, 9.17) is 4.74 Å². The van der Waals surface area contributed by atoms with Crippen LogP contribution in [0.4, 0.5) is 4.79 Å². The van der Waals surface area contributed by atoms with Crippen LogP contribution in [-0.2, 0) is 9.53 Å². The van der Waals surface area contributed by atoms with Crippen molar-refractivity contribution in [2.45, 2.75) is 19.9 Å². The molecule has 4 N–H and O–H groups in total. The first-order valence-electron chi connectivity index (χ1n) is 9.50. The lowest BCUT2D eigenvalue weighted by atomic mass is 9.91. The van der Waals surface area contributed by atoms with Crippen molar-refractivity contribution in [1.29, 1.82) is 0 Å². The highest BCUT2D eigenvalue weighted by molar-refractivity contribution is 5.95. The molecule has 1 aromatic carbocycles. The van der Waals surface area contributed by atoms with E-state index in [1.165, 1.54) is 16.9 Å². The lowest BCUT2D eigenvalue weighted by molar-refractivity contribution is -1.00. The van der Waals surface area contributed by atoms with E-state index in [2.05, 4.69) is 17.7 Å². The Morgan fingerprint density at radius 2 is 1.93 bits per heavy atom. The van der Waals surface area contributed by atoms with E-state index < -0.39 is 12.0 Å². The van der Waals surface area contributed by atoms with Gasteiger partial charge >= 0.3 is 12.0 Å². The summed E-state index contributed by atoms with van der Waals surface area (Å²) in [6.45, 7) is 8.82. The summed E-state index contributed by atoms with van der Waals surface area (Å²) in [4.78, 5) is 27.9. The van der Waals surface area contributed by atoms with Crippen molar-refractivity contribution < 1.29 is 24.1 Å². The van der Waals surface area contributed by atoms with E-state index in [0.717, 1.165) is 42.9 Å². The third-order valence-electron chi connectivity index (χ3n) is 5.54. The zero-order chi connectivity index (χ0) is 19.6. The largest absolute Gasteiger partial charge is 0.466 e. The van der Waals surface area contributed by atoms with Gasteiger partial charge in [0.25, 0.3) is 0 Å². The fraction of sp³-hybridized carbons (Fsp3) is 0.500. The minimum absolute atomic E-state index is 0.275. The van der Waals surface area contributed by atoms with Crippen molar-refractivity contribution in [2.75, 3.05) is 46.9 Å². The van der Waals surface area contributed by atoms with Crippen molar-refractivity contribution >= 4 is 12.0 Å². The Labute approximate surface area is 160 Å². The maximum atomic E-state index is 12.7. The molecule has 27 heavy (non-hydrogen) atoms. The maximum absolute atomic E-state index is 12.7. The Hall–Kier alpha value is -2.38. The summed E-state index contributed by atoms with van der Waals surface area (Å²) in [5.74, 6) is -0.400. The molecule has 2 aliphatic rings. The van der Waals surface area contributed by atoms with Crippen LogP contribution in [0.5, 0.6) is 0 Å². The standard InChI is InChI=1S/C20H28N4O3/c1-13-5-6-14(2)15(11-13)18-17(19(25)27-4)16(21-20(26)22-18)12-24-9-7-23(3)8-10-24/h5-6,11,18H,7-10,12H2,1-4H3,(H2,21,22,26)/p+2/t18-/m1/s1. The summed E-state index contributed by atoms with van der Waals surface area (Å²) in [7, 11) is 3.58. The van der Waals surface area contributed by atoms with E-state index in [-0.39, 0.29) is 6.03 Å². The molecule has 0 unspecified atom stereocenters. The average Bonchev–Trinajstić information content (AvgIpc) is 2.64. The summed E-state index contributed by atoms with van der Waals surface area (Å²) in [6.07, 6.45) is 0. The van der Waals surface area contributed by atoms with Crippen LogP contribution >= 0.6 is 0 Å². The summed E-state index contributed by atoms with van der Waals surface area (Å²) in [5.41, 5.74) is 4.22. The van der Waals surface area contributed by atoms with E-state index >= 15 is 0 Å². The van der Waals surface area contributed by atoms with Gasteiger partial charge in [0, 0.05) is 0 Å². The summed E-state index contributed by atoms with van der Waals surface area (Å²) in [6, 6.07) is 5.29. The number of amides is 2. The van der Waals surface area contributed by atoms with Gasteiger partial charge in [0.2, 0.25) is 0 Å². The number of piperazine rings is 1. The van der Waals surface area contributed by atoms with Crippen molar-refractivity contribution in [1.82, 2.24) is 10.6 Å². The summed E-state index contributed by atoms with van der Waals surface area (Å²) in [5, 5.41) is 5.79. The monoisotopic (exact) mass is 374 g/mol. The molecule has 1 fully saturated rings. The molecule has 0 aromatic heterocycles. The molecule has 0 saturated carbocycles.